The molecule has 138 valence electrons. The van der Waals surface area contributed by atoms with E-state index in [9.17, 15) is 9.18 Å². The molecule has 0 unspecified atom stereocenters. The highest BCUT2D eigenvalue weighted by Gasteiger charge is 2.06. The molecule has 1 aromatic heterocycles. The summed E-state index contributed by atoms with van der Waals surface area (Å²) in [5.74, 6) is 0.662. The van der Waals surface area contributed by atoms with Crippen molar-refractivity contribution in [2.45, 2.75) is 19.8 Å². The lowest BCUT2D eigenvalue weighted by molar-refractivity contribution is -0.115. The van der Waals surface area contributed by atoms with E-state index in [1.54, 1.807) is 24.3 Å². The first-order valence-electron chi connectivity index (χ1n) is 8.76. The Morgan fingerprint density at radius 1 is 0.963 bits per heavy atom. The van der Waals surface area contributed by atoms with Crippen molar-refractivity contribution >= 4 is 17.5 Å². The third-order valence-corrected chi connectivity index (χ3v) is 4.01. The summed E-state index contributed by atoms with van der Waals surface area (Å²) in [5, 5.41) is 14.0. The number of benzene rings is 2. The molecule has 3 rings (SSSR count). The number of anilines is 2. The van der Waals surface area contributed by atoms with E-state index >= 15 is 0 Å². The Balaban J connectivity index is 1.46. The van der Waals surface area contributed by atoms with Crippen LogP contribution in [0, 0.1) is 12.7 Å². The van der Waals surface area contributed by atoms with Gasteiger partial charge in [-0.15, -0.1) is 10.2 Å². The number of hydrogen-bond donors (Lipinski definition) is 2. The molecule has 2 aromatic carbocycles. The second-order valence-electron chi connectivity index (χ2n) is 6.32. The minimum atomic E-state index is -0.238. The van der Waals surface area contributed by atoms with Gasteiger partial charge in [0.25, 0.3) is 0 Å². The lowest BCUT2D eigenvalue weighted by atomic mass is 10.1. The molecule has 1 amide bonds. The average molecular weight is 364 g/mol. The van der Waals surface area contributed by atoms with Crippen LogP contribution in [0.5, 0.6) is 0 Å². The fourth-order valence-corrected chi connectivity index (χ4v) is 2.67. The molecule has 0 radical (unpaired) electrons. The maximum absolute atomic E-state index is 12.9. The van der Waals surface area contributed by atoms with Crippen molar-refractivity contribution in [1.29, 1.82) is 0 Å². The average Bonchev–Trinajstić information content (AvgIpc) is 2.65. The van der Waals surface area contributed by atoms with Crippen molar-refractivity contribution in [3.63, 3.8) is 0 Å². The topological polar surface area (TPSA) is 66.9 Å². The monoisotopic (exact) mass is 364 g/mol. The number of carbonyl (C=O) groups is 1. The Kier molecular flexibility index (Phi) is 6.10. The van der Waals surface area contributed by atoms with Crippen LogP contribution in [-0.2, 0) is 17.6 Å². The van der Waals surface area contributed by atoms with Crippen LogP contribution in [0.2, 0.25) is 0 Å². The van der Waals surface area contributed by atoms with Gasteiger partial charge in [-0.2, -0.15) is 0 Å². The lowest BCUT2D eigenvalue weighted by Gasteiger charge is -2.07. The van der Waals surface area contributed by atoms with E-state index < -0.39 is 0 Å². The molecule has 0 aliphatic heterocycles. The van der Waals surface area contributed by atoms with Crippen molar-refractivity contribution < 1.29 is 9.18 Å². The number of halogens is 1. The molecule has 0 fully saturated rings. The molecule has 5 nitrogen and oxygen atoms in total. The number of aryl methyl sites for hydroxylation is 1. The van der Waals surface area contributed by atoms with Crippen LogP contribution in [0.3, 0.4) is 0 Å². The van der Waals surface area contributed by atoms with Crippen molar-refractivity contribution in [3.8, 4) is 0 Å². The summed E-state index contributed by atoms with van der Waals surface area (Å²) in [4.78, 5) is 12.1. The zero-order valence-corrected chi connectivity index (χ0v) is 15.1. The molecule has 0 atom stereocenters. The molecule has 2 N–H and O–H groups in total. The third kappa shape index (κ3) is 5.88. The molecular formula is C21H21FN4O. The molecular weight excluding hydrogens is 343 g/mol. The second kappa shape index (κ2) is 8.89. The molecule has 0 aliphatic rings. The summed E-state index contributed by atoms with van der Waals surface area (Å²) in [6.07, 6.45) is 1.04. The second-order valence-corrected chi connectivity index (χ2v) is 6.32. The number of carbonyl (C=O) groups excluding carboxylic acids is 1. The smallest absolute Gasteiger partial charge is 0.229 e. The molecule has 1 heterocycles. The molecule has 0 saturated carbocycles. The van der Waals surface area contributed by atoms with Crippen LogP contribution in [0.4, 0.5) is 16.0 Å². The zero-order valence-electron chi connectivity index (χ0n) is 15.1. The van der Waals surface area contributed by atoms with E-state index in [4.69, 9.17) is 0 Å². The largest absolute Gasteiger partial charge is 0.368 e. The van der Waals surface area contributed by atoms with Crippen molar-refractivity contribution in [2.75, 3.05) is 17.2 Å². The fraction of sp³-hybridized carbons (Fsp3) is 0.190. The van der Waals surface area contributed by atoms with Crippen molar-refractivity contribution in [2.24, 2.45) is 0 Å². The van der Waals surface area contributed by atoms with Gasteiger partial charge < -0.3 is 10.6 Å². The van der Waals surface area contributed by atoms with E-state index in [1.165, 1.54) is 12.1 Å². The number of amides is 1. The van der Waals surface area contributed by atoms with Crippen LogP contribution >= 0.6 is 0 Å². The van der Waals surface area contributed by atoms with Gasteiger partial charge in [-0.3, -0.25) is 4.79 Å². The standard InChI is InChI=1S/C21H21FN4O/c1-15-3-2-4-17(13-15)14-21(27)24-20-10-9-19(25-26-20)23-12-11-16-5-7-18(22)8-6-16/h2-10,13H,11-12,14H2,1H3,(H,23,25)(H,24,26,27). The number of nitrogens with zero attached hydrogens (tertiary/aromatic N) is 2. The van der Waals surface area contributed by atoms with Crippen molar-refractivity contribution in [1.82, 2.24) is 10.2 Å². The molecule has 3 aromatic rings. The highest BCUT2D eigenvalue weighted by molar-refractivity contribution is 5.91. The summed E-state index contributed by atoms with van der Waals surface area (Å²) in [5.41, 5.74) is 3.12. The lowest BCUT2D eigenvalue weighted by Crippen LogP contribution is -2.16. The Bertz CT molecular complexity index is 895. The Labute approximate surface area is 157 Å². The van der Waals surface area contributed by atoms with Crippen LogP contribution in [-0.4, -0.2) is 22.6 Å². The van der Waals surface area contributed by atoms with Crippen LogP contribution in [0.15, 0.2) is 60.7 Å². The number of rotatable bonds is 7. The molecule has 0 aliphatic carbocycles. The summed E-state index contributed by atoms with van der Waals surface area (Å²) in [7, 11) is 0. The van der Waals surface area contributed by atoms with E-state index in [0.717, 1.165) is 23.1 Å². The zero-order chi connectivity index (χ0) is 19.1. The maximum Gasteiger partial charge on any atom is 0.229 e. The number of aromatic nitrogens is 2. The van der Waals surface area contributed by atoms with Gasteiger partial charge in [0.2, 0.25) is 5.91 Å². The first-order chi connectivity index (χ1) is 13.1. The van der Waals surface area contributed by atoms with Gasteiger partial charge in [-0.1, -0.05) is 42.0 Å². The van der Waals surface area contributed by atoms with Gasteiger partial charge in [-0.25, -0.2) is 4.39 Å². The third-order valence-electron chi connectivity index (χ3n) is 4.01. The quantitative estimate of drug-likeness (QED) is 0.670. The SMILES string of the molecule is Cc1cccc(CC(=O)Nc2ccc(NCCc3ccc(F)cc3)nn2)c1. The Morgan fingerprint density at radius 3 is 2.41 bits per heavy atom. The van der Waals surface area contributed by atoms with Crippen LogP contribution < -0.4 is 10.6 Å². The fourth-order valence-electron chi connectivity index (χ4n) is 2.67. The molecule has 6 heteroatoms. The van der Waals surface area contributed by atoms with Gasteiger partial charge in [0.05, 0.1) is 6.42 Å². The molecule has 0 saturated heterocycles. The Morgan fingerprint density at radius 2 is 1.70 bits per heavy atom. The first kappa shape index (κ1) is 18.5. The van der Waals surface area contributed by atoms with Gasteiger partial charge in [0.1, 0.15) is 11.6 Å². The predicted octanol–water partition coefficient (Wildman–Crippen LogP) is 3.76. The van der Waals surface area contributed by atoms with Gasteiger partial charge in [0.15, 0.2) is 5.82 Å². The predicted molar refractivity (Wildman–Crippen MR) is 104 cm³/mol. The molecule has 27 heavy (non-hydrogen) atoms. The highest BCUT2D eigenvalue weighted by atomic mass is 19.1. The summed E-state index contributed by atoms with van der Waals surface area (Å²) >= 11 is 0. The Hall–Kier alpha value is -3.28. The number of hydrogen-bond acceptors (Lipinski definition) is 4. The molecule has 0 bridgehead atoms. The van der Waals surface area contributed by atoms with E-state index in [0.29, 0.717) is 24.6 Å². The number of nitrogens with one attached hydrogen (secondary N) is 2. The normalized spacial score (nSPS) is 10.4. The minimum Gasteiger partial charge on any atom is -0.368 e. The van der Waals surface area contributed by atoms with Crippen LogP contribution in [0.25, 0.3) is 0 Å². The van der Waals surface area contributed by atoms with E-state index in [-0.39, 0.29) is 11.7 Å². The van der Waals surface area contributed by atoms with Crippen molar-refractivity contribution in [3.05, 3.63) is 83.2 Å². The van der Waals surface area contributed by atoms with E-state index in [2.05, 4.69) is 20.8 Å². The summed E-state index contributed by atoms with van der Waals surface area (Å²) in [6, 6.07) is 17.7. The maximum atomic E-state index is 12.9. The van der Waals surface area contributed by atoms with Crippen LogP contribution in [0.1, 0.15) is 16.7 Å². The molecule has 0 spiro atoms. The minimum absolute atomic E-state index is 0.132. The van der Waals surface area contributed by atoms with Gasteiger partial charge >= 0.3 is 0 Å². The first-order valence-corrected chi connectivity index (χ1v) is 8.76. The highest BCUT2D eigenvalue weighted by Crippen LogP contribution is 2.09. The summed E-state index contributed by atoms with van der Waals surface area (Å²) < 4.78 is 12.9. The van der Waals surface area contributed by atoms with Gasteiger partial charge in [-0.05, 0) is 48.7 Å². The van der Waals surface area contributed by atoms with E-state index in [1.807, 2.05) is 31.2 Å². The van der Waals surface area contributed by atoms with Gasteiger partial charge in [0, 0.05) is 6.54 Å². The summed E-state index contributed by atoms with van der Waals surface area (Å²) in [6.45, 7) is 2.65.